The second-order valence-electron chi connectivity index (χ2n) is 5.35. The lowest BCUT2D eigenvalue weighted by Gasteiger charge is -2.27. The first-order chi connectivity index (χ1) is 8.90. The van der Waals surface area contributed by atoms with Crippen LogP contribution in [-0.2, 0) is 4.79 Å². The van der Waals surface area contributed by atoms with Crippen LogP contribution in [0.4, 0.5) is 5.69 Å². The summed E-state index contributed by atoms with van der Waals surface area (Å²) in [7, 11) is 0. The van der Waals surface area contributed by atoms with Gasteiger partial charge in [0.05, 0.1) is 5.60 Å². The predicted octanol–water partition coefficient (Wildman–Crippen LogP) is 2.11. The summed E-state index contributed by atoms with van der Waals surface area (Å²) in [6.07, 6.45) is 0.429. The SMILES string of the molecule is CCN(CCC(=O)Nc1ccccc1)CC(C)(C)O. The van der Waals surface area contributed by atoms with E-state index >= 15 is 0 Å². The van der Waals surface area contributed by atoms with Gasteiger partial charge >= 0.3 is 0 Å². The highest BCUT2D eigenvalue weighted by Crippen LogP contribution is 2.07. The number of aliphatic hydroxyl groups is 1. The van der Waals surface area contributed by atoms with Crippen LogP contribution >= 0.6 is 0 Å². The summed E-state index contributed by atoms with van der Waals surface area (Å²) in [5.41, 5.74) is 0.0874. The molecule has 0 aliphatic carbocycles. The van der Waals surface area contributed by atoms with Gasteiger partial charge in [-0.3, -0.25) is 4.79 Å². The fourth-order valence-corrected chi connectivity index (χ4v) is 1.90. The van der Waals surface area contributed by atoms with Crippen LogP contribution in [0.15, 0.2) is 30.3 Å². The molecular weight excluding hydrogens is 240 g/mol. The maximum absolute atomic E-state index is 11.8. The van der Waals surface area contributed by atoms with Crippen molar-refractivity contribution in [3.63, 3.8) is 0 Å². The van der Waals surface area contributed by atoms with Gasteiger partial charge < -0.3 is 15.3 Å². The Morgan fingerprint density at radius 3 is 2.47 bits per heavy atom. The molecule has 0 spiro atoms. The van der Waals surface area contributed by atoms with Gasteiger partial charge in [0.1, 0.15) is 0 Å². The zero-order valence-corrected chi connectivity index (χ0v) is 12.0. The van der Waals surface area contributed by atoms with E-state index in [0.29, 0.717) is 19.5 Å². The van der Waals surface area contributed by atoms with Gasteiger partial charge in [-0.05, 0) is 32.5 Å². The number of carbonyl (C=O) groups excluding carboxylic acids is 1. The summed E-state index contributed by atoms with van der Waals surface area (Å²) < 4.78 is 0. The summed E-state index contributed by atoms with van der Waals surface area (Å²) in [5, 5.41) is 12.6. The Balaban J connectivity index is 2.36. The van der Waals surface area contributed by atoms with E-state index in [1.807, 2.05) is 37.3 Å². The smallest absolute Gasteiger partial charge is 0.225 e. The molecular formula is C15H24N2O2. The first kappa shape index (κ1) is 15.7. The number of likely N-dealkylation sites (N-methyl/N-ethyl adjacent to an activating group) is 1. The Kier molecular flexibility index (Phi) is 5.99. The monoisotopic (exact) mass is 264 g/mol. The molecule has 2 N–H and O–H groups in total. The topological polar surface area (TPSA) is 52.6 Å². The zero-order valence-electron chi connectivity index (χ0n) is 12.0. The molecule has 1 amide bonds. The van der Waals surface area contributed by atoms with E-state index < -0.39 is 5.60 Å². The van der Waals surface area contributed by atoms with Crippen molar-refractivity contribution in [2.24, 2.45) is 0 Å². The van der Waals surface area contributed by atoms with E-state index in [1.54, 1.807) is 13.8 Å². The van der Waals surface area contributed by atoms with Crippen LogP contribution < -0.4 is 5.32 Å². The summed E-state index contributed by atoms with van der Waals surface area (Å²) in [5.74, 6) is 0.000367. The van der Waals surface area contributed by atoms with Crippen LogP contribution in [0.3, 0.4) is 0 Å². The number of hydrogen-bond donors (Lipinski definition) is 2. The molecule has 0 aromatic heterocycles. The van der Waals surface area contributed by atoms with Crippen molar-refractivity contribution >= 4 is 11.6 Å². The van der Waals surface area contributed by atoms with E-state index in [2.05, 4.69) is 10.2 Å². The number of amides is 1. The lowest BCUT2D eigenvalue weighted by molar-refractivity contribution is -0.116. The Labute approximate surface area is 115 Å². The number of hydrogen-bond acceptors (Lipinski definition) is 3. The zero-order chi connectivity index (χ0) is 14.3. The van der Waals surface area contributed by atoms with Crippen LogP contribution in [-0.4, -0.2) is 41.1 Å². The first-order valence-corrected chi connectivity index (χ1v) is 6.70. The summed E-state index contributed by atoms with van der Waals surface area (Å²) in [6, 6.07) is 9.43. The van der Waals surface area contributed by atoms with Gasteiger partial charge in [-0.25, -0.2) is 0 Å². The number of benzene rings is 1. The van der Waals surface area contributed by atoms with Crippen molar-refractivity contribution < 1.29 is 9.90 Å². The van der Waals surface area contributed by atoms with Crippen LogP contribution in [0.5, 0.6) is 0 Å². The van der Waals surface area contributed by atoms with Crippen molar-refractivity contribution in [2.45, 2.75) is 32.8 Å². The third-order valence-electron chi connectivity index (χ3n) is 2.77. The molecule has 1 aromatic rings. The van der Waals surface area contributed by atoms with Crippen molar-refractivity contribution in [1.82, 2.24) is 4.90 Å². The number of anilines is 1. The molecule has 1 rings (SSSR count). The normalized spacial score (nSPS) is 11.6. The number of para-hydroxylation sites is 1. The van der Waals surface area contributed by atoms with Crippen LogP contribution in [0.1, 0.15) is 27.2 Å². The molecule has 0 radical (unpaired) electrons. The average Bonchev–Trinajstić information content (AvgIpc) is 2.34. The molecule has 4 nitrogen and oxygen atoms in total. The predicted molar refractivity (Wildman–Crippen MR) is 78.1 cm³/mol. The maximum Gasteiger partial charge on any atom is 0.225 e. The highest BCUT2D eigenvalue weighted by molar-refractivity contribution is 5.90. The maximum atomic E-state index is 11.8. The van der Waals surface area contributed by atoms with Gasteiger partial charge in [0.15, 0.2) is 0 Å². The lowest BCUT2D eigenvalue weighted by atomic mass is 10.1. The molecule has 4 heteroatoms. The Hall–Kier alpha value is -1.39. The fourth-order valence-electron chi connectivity index (χ4n) is 1.90. The van der Waals surface area contributed by atoms with Gasteiger partial charge in [-0.1, -0.05) is 25.1 Å². The second-order valence-corrected chi connectivity index (χ2v) is 5.35. The molecule has 0 aliphatic rings. The molecule has 0 saturated heterocycles. The van der Waals surface area contributed by atoms with Gasteiger partial charge in [0, 0.05) is 25.2 Å². The van der Waals surface area contributed by atoms with Crippen molar-refractivity contribution in [1.29, 1.82) is 0 Å². The van der Waals surface area contributed by atoms with Crippen molar-refractivity contribution in [3.8, 4) is 0 Å². The van der Waals surface area contributed by atoms with Gasteiger partial charge in [-0.2, -0.15) is 0 Å². The molecule has 1 aromatic carbocycles. The molecule has 0 atom stereocenters. The summed E-state index contributed by atoms with van der Waals surface area (Å²) in [6.45, 7) is 7.63. The molecule has 0 saturated carbocycles. The molecule has 0 bridgehead atoms. The Morgan fingerprint density at radius 2 is 1.95 bits per heavy atom. The minimum Gasteiger partial charge on any atom is -0.389 e. The highest BCUT2D eigenvalue weighted by atomic mass is 16.3. The second kappa shape index (κ2) is 7.26. The number of nitrogens with one attached hydrogen (secondary N) is 1. The van der Waals surface area contributed by atoms with Gasteiger partial charge in [-0.15, -0.1) is 0 Å². The Bertz CT molecular complexity index is 385. The van der Waals surface area contributed by atoms with Crippen molar-refractivity contribution in [3.05, 3.63) is 30.3 Å². The summed E-state index contributed by atoms with van der Waals surface area (Å²) in [4.78, 5) is 13.9. The van der Waals surface area contributed by atoms with Gasteiger partial charge in [0.25, 0.3) is 0 Å². The van der Waals surface area contributed by atoms with E-state index in [4.69, 9.17) is 0 Å². The largest absolute Gasteiger partial charge is 0.389 e. The Morgan fingerprint density at radius 1 is 1.32 bits per heavy atom. The highest BCUT2D eigenvalue weighted by Gasteiger charge is 2.17. The van der Waals surface area contributed by atoms with Crippen molar-refractivity contribution in [2.75, 3.05) is 25.0 Å². The van der Waals surface area contributed by atoms with Crippen LogP contribution in [0.25, 0.3) is 0 Å². The molecule has 106 valence electrons. The van der Waals surface area contributed by atoms with E-state index in [-0.39, 0.29) is 5.91 Å². The fraction of sp³-hybridized carbons (Fsp3) is 0.533. The number of carbonyl (C=O) groups is 1. The molecule has 0 heterocycles. The van der Waals surface area contributed by atoms with E-state index in [9.17, 15) is 9.90 Å². The van der Waals surface area contributed by atoms with Crippen LogP contribution in [0.2, 0.25) is 0 Å². The first-order valence-electron chi connectivity index (χ1n) is 6.70. The standard InChI is InChI=1S/C15H24N2O2/c1-4-17(12-15(2,3)19)11-10-14(18)16-13-8-6-5-7-9-13/h5-9,19H,4,10-12H2,1-3H3,(H,16,18). The van der Waals surface area contributed by atoms with E-state index in [1.165, 1.54) is 0 Å². The third kappa shape index (κ3) is 6.94. The van der Waals surface area contributed by atoms with E-state index in [0.717, 1.165) is 12.2 Å². The molecule has 0 fully saturated rings. The minimum absolute atomic E-state index is 0.000367. The number of rotatable bonds is 7. The average molecular weight is 264 g/mol. The quantitative estimate of drug-likeness (QED) is 0.793. The minimum atomic E-state index is -0.730. The lowest BCUT2D eigenvalue weighted by Crippen LogP contribution is -2.39. The van der Waals surface area contributed by atoms with Crippen LogP contribution in [0, 0.1) is 0 Å². The summed E-state index contributed by atoms with van der Waals surface area (Å²) >= 11 is 0. The molecule has 0 unspecified atom stereocenters. The molecule has 0 aliphatic heterocycles. The number of nitrogens with zero attached hydrogens (tertiary/aromatic N) is 1. The van der Waals surface area contributed by atoms with Gasteiger partial charge in [0.2, 0.25) is 5.91 Å². The molecule has 19 heavy (non-hydrogen) atoms. The third-order valence-corrected chi connectivity index (χ3v) is 2.77.